The van der Waals surface area contributed by atoms with Crippen LogP contribution in [-0.2, 0) is 17.9 Å². The molecule has 0 bridgehead atoms. The highest BCUT2D eigenvalue weighted by molar-refractivity contribution is 6.30. The van der Waals surface area contributed by atoms with Crippen molar-refractivity contribution in [2.45, 2.75) is 19.3 Å². The number of rotatable bonds is 4. The molecule has 5 rings (SSSR count). The Kier molecular flexibility index (Phi) is 5.76. The lowest BCUT2D eigenvalue weighted by molar-refractivity contribution is -0.00121. The van der Waals surface area contributed by atoms with Gasteiger partial charge in [0.25, 0.3) is 5.91 Å². The number of amides is 1. The number of halogens is 1. The molecule has 0 spiro atoms. The smallest absolute Gasteiger partial charge is 0.274 e. The van der Waals surface area contributed by atoms with E-state index in [0.29, 0.717) is 37.0 Å². The van der Waals surface area contributed by atoms with Crippen LogP contribution in [0.5, 0.6) is 5.75 Å². The van der Waals surface area contributed by atoms with Crippen molar-refractivity contribution in [3.63, 3.8) is 0 Å². The first-order chi connectivity index (χ1) is 15.6. The molecule has 0 unspecified atom stereocenters. The van der Waals surface area contributed by atoms with Crippen molar-refractivity contribution < 1.29 is 14.3 Å². The van der Waals surface area contributed by atoms with E-state index in [0.717, 1.165) is 35.8 Å². The SMILES string of the molecule is COc1cccc(N2CCN(C(=O)c3cc4n(n3)C[C@@H](c3ccc(Cl)cc3)OC4)CC2)c1. The summed E-state index contributed by atoms with van der Waals surface area (Å²) in [4.78, 5) is 17.3. The van der Waals surface area contributed by atoms with Crippen LogP contribution in [0.4, 0.5) is 5.69 Å². The molecule has 2 aromatic carbocycles. The van der Waals surface area contributed by atoms with Crippen molar-refractivity contribution in [1.82, 2.24) is 14.7 Å². The Morgan fingerprint density at radius 1 is 1.09 bits per heavy atom. The highest BCUT2D eigenvalue weighted by Crippen LogP contribution is 2.28. The first kappa shape index (κ1) is 20.8. The Morgan fingerprint density at radius 3 is 2.62 bits per heavy atom. The lowest BCUT2D eigenvalue weighted by Gasteiger charge is -2.35. The summed E-state index contributed by atoms with van der Waals surface area (Å²) < 4.78 is 13.2. The predicted molar refractivity (Wildman–Crippen MR) is 122 cm³/mol. The summed E-state index contributed by atoms with van der Waals surface area (Å²) in [6.07, 6.45) is -0.103. The standard InChI is InChI=1S/C24H25ClN4O3/c1-31-21-4-2-3-19(13-21)27-9-11-28(12-10-27)24(30)22-14-20-16-32-23(15-29(20)26-22)17-5-7-18(25)8-6-17/h2-8,13-14,23H,9-12,15-16H2,1H3/t23-/m0/s1. The van der Waals surface area contributed by atoms with Gasteiger partial charge in [0.05, 0.1) is 26.0 Å². The summed E-state index contributed by atoms with van der Waals surface area (Å²) in [5, 5.41) is 5.31. The third-order valence-electron chi connectivity index (χ3n) is 6.08. The third-order valence-corrected chi connectivity index (χ3v) is 6.33. The van der Waals surface area contributed by atoms with Crippen LogP contribution in [0, 0.1) is 0 Å². The van der Waals surface area contributed by atoms with Gasteiger partial charge in [-0.2, -0.15) is 5.10 Å². The molecule has 166 valence electrons. The van der Waals surface area contributed by atoms with Gasteiger partial charge in [-0.1, -0.05) is 29.8 Å². The highest BCUT2D eigenvalue weighted by Gasteiger charge is 2.28. The zero-order valence-corrected chi connectivity index (χ0v) is 18.7. The van der Waals surface area contributed by atoms with Crippen LogP contribution in [0.1, 0.15) is 27.8 Å². The molecule has 32 heavy (non-hydrogen) atoms. The number of hydrogen-bond acceptors (Lipinski definition) is 5. The normalized spacial score (nSPS) is 18.4. The van der Waals surface area contributed by atoms with E-state index in [9.17, 15) is 4.79 Å². The van der Waals surface area contributed by atoms with Crippen LogP contribution in [0.2, 0.25) is 5.02 Å². The molecular formula is C24H25ClN4O3. The van der Waals surface area contributed by atoms with Crippen LogP contribution in [0.25, 0.3) is 0 Å². The van der Waals surface area contributed by atoms with E-state index in [1.54, 1.807) is 7.11 Å². The number of piperazine rings is 1. The predicted octanol–water partition coefficient (Wildman–Crippen LogP) is 3.78. The van der Waals surface area contributed by atoms with Crippen LogP contribution >= 0.6 is 11.6 Å². The maximum atomic E-state index is 13.1. The quantitative estimate of drug-likeness (QED) is 0.603. The largest absolute Gasteiger partial charge is 0.497 e. The van der Waals surface area contributed by atoms with Gasteiger partial charge in [0.1, 0.15) is 11.9 Å². The number of benzene rings is 2. The van der Waals surface area contributed by atoms with E-state index in [1.165, 1.54) is 0 Å². The van der Waals surface area contributed by atoms with Gasteiger partial charge in [0.2, 0.25) is 0 Å². The van der Waals surface area contributed by atoms with Gasteiger partial charge in [0, 0.05) is 43.0 Å². The van der Waals surface area contributed by atoms with Crippen molar-refractivity contribution >= 4 is 23.2 Å². The molecule has 2 aliphatic heterocycles. The Hall–Kier alpha value is -3.03. The minimum Gasteiger partial charge on any atom is -0.497 e. The molecule has 3 heterocycles. The number of fused-ring (bicyclic) bond motifs is 1. The molecule has 1 aromatic heterocycles. The maximum Gasteiger partial charge on any atom is 0.274 e. The van der Waals surface area contributed by atoms with Gasteiger partial charge >= 0.3 is 0 Å². The van der Waals surface area contributed by atoms with Crippen LogP contribution in [0.3, 0.4) is 0 Å². The molecule has 0 radical (unpaired) electrons. The topological polar surface area (TPSA) is 59.8 Å². The van der Waals surface area contributed by atoms with E-state index in [2.05, 4.69) is 16.1 Å². The molecular weight excluding hydrogens is 428 g/mol. The molecule has 0 N–H and O–H groups in total. The van der Waals surface area contributed by atoms with Crippen molar-refractivity contribution in [2.75, 3.05) is 38.2 Å². The fraction of sp³-hybridized carbons (Fsp3) is 0.333. The monoisotopic (exact) mass is 452 g/mol. The van der Waals surface area contributed by atoms with Gasteiger partial charge in [0.15, 0.2) is 5.69 Å². The van der Waals surface area contributed by atoms with Crippen LogP contribution in [0.15, 0.2) is 54.6 Å². The summed E-state index contributed by atoms with van der Waals surface area (Å²) in [5.41, 5.74) is 3.57. The fourth-order valence-corrected chi connectivity index (χ4v) is 4.37. The van der Waals surface area contributed by atoms with E-state index < -0.39 is 0 Å². The van der Waals surface area contributed by atoms with Crippen LogP contribution < -0.4 is 9.64 Å². The average molecular weight is 453 g/mol. The third kappa shape index (κ3) is 4.18. The second kappa shape index (κ2) is 8.84. The molecule has 7 nitrogen and oxygen atoms in total. The number of aromatic nitrogens is 2. The van der Waals surface area contributed by atoms with Crippen molar-refractivity contribution in [2.24, 2.45) is 0 Å². The molecule has 0 aliphatic carbocycles. The maximum absolute atomic E-state index is 13.1. The summed E-state index contributed by atoms with van der Waals surface area (Å²) >= 11 is 5.99. The first-order valence-electron chi connectivity index (χ1n) is 10.7. The van der Waals surface area contributed by atoms with E-state index in [4.69, 9.17) is 21.1 Å². The zero-order valence-electron chi connectivity index (χ0n) is 17.9. The van der Waals surface area contributed by atoms with Gasteiger partial charge in [-0.25, -0.2) is 0 Å². The van der Waals surface area contributed by atoms with E-state index in [-0.39, 0.29) is 12.0 Å². The Labute approximate surface area is 192 Å². The lowest BCUT2D eigenvalue weighted by Crippen LogP contribution is -2.48. The zero-order chi connectivity index (χ0) is 22.1. The van der Waals surface area contributed by atoms with Gasteiger partial charge < -0.3 is 19.3 Å². The second-order valence-corrected chi connectivity index (χ2v) is 8.47. The Morgan fingerprint density at radius 2 is 1.88 bits per heavy atom. The molecule has 1 amide bonds. The van der Waals surface area contributed by atoms with Crippen molar-refractivity contribution in [3.8, 4) is 5.75 Å². The average Bonchev–Trinajstić information content (AvgIpc) is 3.28. The van der Waals surface area contributed by atoms with E-state index in [1.807, 2.05) is 58.1 Å². The molecule has 0 saturated carbocycles. The number of ether oxygens (including phenoxy) is 2. The number of carbonyl (C=O) groups is 1. The van der Waals surface area contributed by atoms with E-state index >= 15 is 0 Å². The molecule has 2 aliphatic rings. The minimum atomic E-state index is -0.103. The van der Waals surface area contributed by atoms with Crippen LogP contribution in [-0.4, -0.2) is 53.9 Å². The molecule has 1 atom stereocenters. The van der Waals surface area contributed by atoms with Gasteiger partial charge in [-0.05, 0) is 35.9 Å². The fourth-order valence-electron chi connectivity index (χ4n) is 4.25. The van der Waals surface area contributed by atoms with Crippen molar-refractivity contribution in [3.05, 3.63) is 76.6 Å². The summed E-state index contributed by atoms with van der Waals surface area (Å²) in [6, 6.07) is 17.5. The minimum absolute atomic E-state index is 0.0276. The van der Waals surface area contributed by atoms with Crippen molar-refractivity contribution in [1.29, 1.82) is 0 Å². The van der Waals surface area contributed by atoms with Gasteiger partial charge in [-0.3, -0.25) is 9.48 Å². The summed E-state index contributed by atoms with van der Waals surface area (Å²) in [6.45, 7) is 3.86. The molecule has 1 saturated heterocycles. The second-order valence-electron chi connectivity index (χ2n) is 8.03. The first-order valence-corrected chi connectivity index (χ1v) is 11.1. The molecule has 1 fully saturated rings. The Balaban J connectivity index is 1.23. The summed E-state index contributed by atoms with van der Waals surface area (Å²) in [7, 11) is 1.67. The number of methoxy groups -OCH3 is 1. The Bertz CT molecular complexity index is 1110. The molecule has 8 heteroatoms. The van der Waals surface area contributed by atoms with Gasteiger partial charge in [-0.15, -0.1) is 0 Å². The summed E-state index contributed by atoms with van der Waals surface area (Å²) in [5.74, 6) is 0.809. The molecule has 3 aromatic rings. The number of nitrogens with zero attached hydrogens (tertiary/aromatic N) is 4. The number of hydrogen-bond donors (Lipinski definition) is 0. The lowest BCUT2D eigenvalue weighted by atomic mass is 10.1. The number of anilines is 1. The highest BCUT2D eigenvalue weighted by atomic mass is 35.5. The number of carbonyl (C=O) groups excluding carboxylic acids is 1.